The van der Waals surface area contributed by atoms with Gasteiger partial charge in [0.2, 0.25) is 5.91 Å². The Hall–Kier alpha value is -2.21. The predicted octanol–water partition coefficient (Wildman–Crippen LogP) is 1.25. The van der Waals surface area contributed by atoms with Gasteiger partial charge in [0, 0.05) is 63.2 Å². The van der Waals surface area contributed by atoms with Crippen molar-refractivity contribution in [3.63, 3.8) is 0 Å². The summed E-state index contributed by atoms with van der Waals surface area (Å²) in [7, 11) is 0. The van der Waals surface area contributed by atoms with Gasteiger partial charge in [-0.2, -0.15) is 0 Å². The van der Waals surface area contributed by atoms with Crippen LogP contribution in [0.3, 0.4) is 0 Å². The summed E-state index contributed by atoms with van der Waals surface area (Å²) in [5, 5.41) is 0. The van der Waals surface area contributed by atoms with E-state index in [4.69, 9.17) is 0 Å². The highest BCUT2D eigenvalue weighted by atomic mass is 16.2. The number of hydrogen-bond acceptors (Lipinski definition) is 4. The maximum Gasteiger partial charge on any atom is 0.226 e. The van der Waals surface area contributed by atoms with Crippen LogP contribution in [0, 0.1) is 5.92 Å². The molecular formula is C18H23N5O. The van der Waals surface area contributed by atoms with Crippen molar-refractivity contribution >= 4 is 5.91 Å². The third-order valence-electron chi connectivity index (χ3n) is 5.15. The smallest absolute Gasteiger partial charge is 0.226 e. The van der Waals surface area contributed by atoms with Gasteiger partial charge in [0.25, 0.3) is 0 Å². The zero-order chi connectivity index (χ0) is 16.4. The van der Waals surface area contributed by atoms with Crippen molar-refractivity contribution < 1.29 is 4.79 Å². The number of amides is 1. The van der Waals surface area contributed by atoms with Crippen molar-refractivity contribution in [2.24, 2.45) is 5.92 Å². The first-order chi connectivity index (χ1) is 11.8. The van der Waals surface area contributed by atoms with Crippen molar-refractivity contribution in [2.45, 2.75) is 25.8 Å². The molecule has 0 bridgehead atoms. The highest BCUT2D eigenvalue weighted by Crippen LogP contribution is 2.25. The molecule has 3 heterocycles. The first kappa shape index (κ1) is 15.3. The van der Waals surface area contributed by atoms with Gasteiger partial charge in [0.1, 0.15) is 0 Å². The monoisotopic (exact) mass is 325 g/mol. The number of nitrogens with zero attached hydrogens (tertiary/aromatic N) is 4. The molecule has 1 saturated heterocycles. The van der Waals surface area contributed by atoms with Crippen molar-refractivity contribution in [3.05, 3.63) is 47.8 Å². The molecule has 1 unspecified atom stereocenters. The lowest BCUT2D eigenvalue weighted by Crippen LogP contribution is -2.50. The summed E-state index contributed by atoms with van der Waals surface area (Å²) in [6.45, 7) is 4.43. The predicted molar refractivity (Wildman–Crippen MR) is 90.2 cm³/mol. The van der Waals surface area contributed by atoms with Crippen molar-refractivity contribution in [3.8, 4) is 0 Å². The molecule has 1 fully saturated rings. The summed E-state index contributed by atoms with van der Waals surface area (Å²) < 4.78 is 0. The Morgan fingerprint density at radius 3 is 2.96 bits per heavy atom. The third-order valence-corrected chi connectivity index (χ3v) is 5.15. The maximum absolute atomic E-state index is 12.8. The highest BCUT2D eigenvalue weighted by molar-refractivity contribution is 5.79. The molecule has 1 N–H and O–H groups in total. The van der Waals surface area contributed by atoms with Gasteiger partial charge in [-0.05, 0) is 24.5 Å². The van der Waals surface area contributed by atoms with Crippen molar-refractivity contribution in [1.29, 1.82) is 0 Å². The van der Waals surface area contributed by atoms with E-state index in [1.165, 1.54) is 5.56 Å². The fraction of sp³-hybridized carbons (Fsp3) is 0.500. The van der Waals surface area contributed by atoms with Gasteiger partial charge >= 0.3 is 0 Å². The van der Waals surface area contributed by atoms with Crippen molar-refractivity contribution in [1.82, 2.24) is 24.8 Å². The number of imidazole rings is 1. The maximum atomic E-state index is 12.8. The Morgan fingerprint density at radius 2 is 2.17 bits per heavy atom. The van der Waals surface area contributed by atoms with Crippen LogP contribution in [0.25, 0.3) is 0 Å². The zero-order valence-electron chi connectivity index (χ0n) is 13.8. The molecule has 2 aromatic heterocycles. The van der Waals surface area contributed by atoms with Crippen LogP contribution in [0.1, 0.15) is 23.4 Å². The fourth-order valence-electron chi connectivity index (χ4n) is 3.75. The summed E-state index contributed by atoms with van der Waals surface area (Å²) in [5.41, 5.74) is 3.52. The molecule has 4 rings (SSSR count). The van der Waals surface area contributed by atoms with Crippen LogP contribution >= 0.6 is 0 Å². The number of aryl methyl sites for hydroxylation is 1. The highest BCUT2D eigenvalue weighted by Gasteiger charge is 2.31. The second-order valence-corrected chi connectivity index (χ2v) is 6.73. The van der Waals surface area contributed by atoms with Gasteiger partial charge in [-0.25, -0.2) is 4.98 Å². The standard InChI is InChI=1S/C18H23N5O/c24-18(15-3-4-16-17(10-15)21-13-20-16)23-8-6-22(7-9-23)12-14-2-1-5-19-11-14/h1-2,5,11,13,15H,3-4,6-10,12H2,(H,20,21). The van der Waals surface area contributed by atoms with Gasteiger partial charge in [-0.15, -0.1) is 0 Å². The molecule has 0 aromatic carbocycles. The summed E-state index contributed by atoms with van der Waals surface area (Å²) in [6, 6.07) is 4.08. The van der Waals surface area contributed by atoms with Gasteiger partial charge < -0.3 is 9.88 Å². The Balaban J connectivity index is 1.30. The summed E-state index contributed by atoms with van der Waals surface area (Å²) in [4.78, 5) is 28.9. The molecule has 2 aromatic rings. The number of fused-ring (bicyclic) bond motifs is 1. The van der Waals surface area contributed by atoms with E-state index in [1.54, 1.807) is 12.5 Å². The average Bonchev–Trinajstić information content (AvgIpc) is 3.10. The van der Waals surface area contributed by atoms with Crippen LogP contribution < -0.4 is 0 Å². The van der Waals surface area contributed by atoms with E-state index < -0.39 is 0 Å². The van der Waals surface area contributed by atoms with Crippen molar-refractivity contribution in [2.75, 3.05) is 26.2 Å². The van der Waals surface area contributed by atoms with E-state index in [1.807, 2.05) is 17.2 Å². The molecule has 0 radical (unpaired) electrons. The van der Waals surface area contributed by atoms with E-state index in [9.17, 15) is 4.79 Å². The zero-order valence-corrected chi connectivity index (χ0v) is 13.8. The van der Waals surface area contributed by atoms with Gasteiger partial charge in [-0.3, -0.25) is 14.7 Å². The molecule has 6 heteroatoms. The largest absolute Gasteiger partial charge is 0.348 e. The van der Waals surface area contributed by atoms with Crippen LogP contribution in [-0.2, 0) is 24.2 Å². The number of piperazine rings is 1. The van der Waals surface area contributed by atoms with Gasteiger partial charge in [0.15, 0.2) is 0 Å². The minimum atomic E-state index is 0.114. The lowest BCUT2D eigenvalue weighted by molar-refractivity contribution is -0.137. The quantitative estimate of drug-likeness (QED) is 0.922. The molecule has 1 atom stereocenters. The fourth-order valence-corrected chi connectivity index (χ4v) is 3.75. The lowest BCUT2D eigenvalue weighted by atomic mass is 9.88. The lowest BCUT2D eigenvalue weighted by Gasteiger charge is -2.37. The average molecular weight is 325 g/mol. The molecule has 0 saturated carbocycles. The molecule has 24 heavy (non-hydrogen) atoms. The molecule has 1 aliphatic heterocycles. The molecule has 1 aliphatic carbocycles. The van der Waals surface area contributed by atoms with E-state index >= 15 is 0 Å². The number of carbonyl (C=O) groups is 1. The Morgan fingerprint density at radius 1 is 1.29 bits per heavy atom. The number of rotatable bonds is 3. The van der Waals surface area contributed by atoms with Crippen LogP contribution in [0.5, 0.6) is 0 Å². The Bertz CT molecular complexity index is 690. The van der Waals surface area contributed by atoms with E-state index in [0.717, 1.165) is 63.4 Å². The topological polar surface area (TPSA) is 65.1 Å². The summed E-state index contributed by atoms with van der Waals surface area (Å²) in [5.74, 6) is 0.430. The van der Waals surface area contributed by atoms with Crippen LogP contribution in [0.2, 0.25) is 0 Å². The first-order valence-electron chi connectivity index (χ1n) is 8.71. The molecule has 1 amide bonds. The third kappa shape index (κ3) is 3.19. The Labute approximate surface area is 141 Å². The SMILES string of the molecule is O=C(C1CCc2nc[nH]c2C1)N1CCN(Cc2cccnc2)CC1. The van der Waals surface area contributed by atoms with E-state index in [-0.39, 0.29) is 5.92 Å². The number of aromatic nitrogens is 3. The molecule has 2 aliphatic rings. The first-order valence-corrected chi connectivity index (χ1v) is 8.71. The number of carbonyl (C=O) groups excluding carboxylic acids is 1. The molecular weight excluding hydrogens is 302 g/mol. The van der Waals surface area contributed by atoms with E-state index in [2.05, 4.69) is 25.9 Å². The molecule has 0 spiro atoms. The molecule has 126 valence electrons. The Kier molecular flexibility index (Phi) is 4.30. The number of H-pyrrole nitrogens is 1. The number of nitrogens with one attached hydrogen (secondary N) is 1. The van der Waals surface area contributed by atoms with Gasteiger partial charge in [-0.1, -0.05) is 6.07 Å². The number of hydrogen-bond donors (Lipinski definition) is 1. The molecule has 6 nitrogen and oxygen atoms in total. The van der Waals surface area contributed by atoms with Crippen LogP contribution in [0.15, 0.2) is 30.9 Å². The van der Waals surface area contributed by atoms with Gasteiger partial charge in [0.05, 0.1) is 12.0 Å². The summed E-state index contributed by atoms with van der Waals surface area (Å²) in [6.07, 6.45) is 8.11. The minimum absolute atomic E-state index is 0.114. The normalized spacial score (nSPS) is 21.5. The number of pyridine rings is 1. The summed E-state index contributed by atoms with van der Waals surface area (Å²) >= 11 is 0. The number of aromatic amines is 1. The second-order valence-electron chi connectivity index (χ2n) is 6.73. The minimum Gasteiger partial charge on any atom is -0.348 e. The van der Waals surface area contributed by atoms with Crippen LogP contribution in [-0.4, -0.2) is 56.8 Å². The van der Waals surface area contributed by atoms with Crippen LogP contribution in [0.4, 0.5) is 0 Å². The van der Waals surface area contributed by atoms with E-state index in [0.29, 0.717) is 5.91 Å². The second kappa shape index (κ2) is 6.73.